The number of hydrogen-bond donors (Lipinski definition) is 0. The number of benzene rings is 1. The monoisotopic (exact) mass is 300 g/mol. The molecule has 1 rings (SSSR count). The van der Waals surface area contributed by atoms with Crippen LogP contribution >= 0.6 is 15.9 Å². The standard InChI is InChI=1S/C13H17BrO3/c1-8(2)13(15)12(14)9-5-10(16-3)7-11(6-9)17-4/h5-8,12H,1-4H3. The van der Waals surface area contributed by atoms with E-state index in [1.54, 1.807) is 20.3 Å². The summed E-state index contributed by atoms with van der Waals surface area (Å²) in [5.41, 5.74) is 0.847. The number of ketones is 1. The first-order chi connectivity index (χ1) is 7.99. The fraction of sp³-hybridized carbons (Fsp3) is 0.462. The smallest absolute Gasteiger partial charge is 0.153 e. The third-order valence-corrected chi connectivity index (χ3v) is 3.47. The summed E-state index contributed by atoms with van der Waals surface area (Å²) in [5.74, 6) is 1.48. The summed E-state index contributed by atoms with van der Waals surface area (Å²) in [6.07, 6.45) is 0. The number of ether oxygens (including phenoxy) is 2. The second kappa shape index (κ2) is 6.05. The highest BCUT2D eigenvalue weighted by Gasteiger charge is 2.21. The van der Waals surface area contributed by atoms with Crippen LogP contribution in [0.15, 0.2) is 18.2 Å². The maximum absolute atomic E-state index is 11.9. The predicted octanol–water partition coefficient (Wildman–Crippen LogP) is 3.36. The van der Waals surface area contributed by atoms with Gasteiger partial charge in [0.25, 0.3) is 0 Å². The zero-order chi connectivity index (χ0) is 13.0. The largest absolute Gasteiger partial charge is 0.497 e. The lowest BCUT2D eigenvalue weighted by atomic mass is 10.0. The molecule has 1 aromatic rings. The van der Waals surface area contributed by atoms with Crippen molar-refractivity contribution in [3.8, 4) is 11.5 Å². The van der Waals surface area contributed by atoms with Gasteiger partial charge in [-0.25, -0.2) is 0 Å². The summed E-state index contributed by atoms with van der Waals surface area (Å²) < 4.78 is 10.4. The van der Waals surface area contributed by atoms with E-state index in [0.717, 1.165) is 5.56 Å². The maximum atomic E-state index is 11.9. The van der Waals surface area contributed by atoms with Crippen LogP contribution in [0.4, 0.5) is 0 Å². The first-order valence-electron chi connectivity index (χ1n) is 5.40. The minimum atomic E-state index is -0.327. The van der Waals surface area contributed by atoms with Gasteiger partial charge in [-0.2, -0.15) is 0 Å². The molecule has 1 atom stereocenters. The molecular formula is C13H17BrO3. The SMILES string of the molecule is COc1cc(OC)cc(C(Br)C(=O)C(C)C)c1. The van der Waals surface area contributed by atoms with Gasteiger partial charge in [0.05, 0.1) is 19.0 Å². The number of carbonyl (C=O) groups is 1. The van der Waals surface area contributed by atoms with E-state index in [1.165, 1.54) is 0 Å². The van der Waals surface area contributed by atoms with Gasteiger partial charge in [-0.3, -0.25) is 4.79 Å². The molecule has 17 heavy (non-hydrogen) atoms. The Morgan fingerprint density at radius 3 is 1.94 bits per heavy atom. The second-order valence-electron chi connectivity index (χ2n) is 4.07. The molecule has 94 valence electrons. The summed E-state index contributed by atoms with van der Waals surface area (Å²) in [7, 11) is 3.18. The normalized spacial score (nSPS) is 12.4. The number of halogens is 1. The number of rotatable bonds is 5. The lowest BCUT2D eigenvalue weighted by Gasteiger charge is -2.14. The molecule has 0 aliphatic heterocycles. The molecule has 0 aliphatic rings. The average Bonchev–Trinajstić information content (AvgIpc) is 2.35. The van der Waals surface area contributed by atoms with Crippen LogP contribution in [0, 0.1) is 5.92 Å². The fourth-order valence-corrected chi connectivity index (χ4v) is 2.23. The summed E-state index contributed by atoms with van der Waals surface area (Å²) >= 11 is 3.42. The highest BCUT2D eigenvalue weighted by molar-refractivity contribution is 9.09. The second-order valence-corrected chi connectivity index (χ2v) is 4.98. The fourth-order valence-electron chi connectivity index (χ4n) is 1.43. The van der Waals surface area contributed by atoms with Crippen molar-refractivity contribution in [3.63, 3.8) is 0 Å². The van der Waals surface area contributed by atoms with E-state index in [2.05, 4.69) is 15.9 Å². The van der Waals surface area contributed by atoms with Crippen molar-refractivity contribution in [2.24, 2.45) is 5.92 Å². The summed E-state index contributed by atoms with van der Waals surface area (Å²) in [5, 5.41) is 0. The van der Waals surface area contributed by atoms with Crippen LogP contribution in [0.2, 0.25) is 0 Å². The Kier molecular flexibility index (Phi) is 5.00. The van der Waals surface area contributed by atoms with E-state index in [1.807, 2.05) is 26.0 Å². The third kappa shape index (κ3) is 3.46. The number of hydrogen-bond acceptors (Lipinski definition) is 3. The number of alkyl halides is 1. The molecule has 4 heteroatoms. The number of carbonyl (C=O) groups excluding carboxylic acids is 1. The topological polar surface area (TPSA) is 35.5 Å². The van der Waals surface area contributed by atoms with Crippen LogP contribution in [0.1, 0.15) is 24.2 Å². The Hall–Kier alpha value is -1.03. The van der Waals surface area contributed by atoms with Crippen molar-refractivity contribution >= 4 is 21.7 Å². The molecule has 0 radical (unpaired) electrons. The molecule has 3 nitrogen and oxygen atoms in total. The van der Waals surface area contributed by atoms with Crippen LogP contribution < -0.4 is 9.47 Å². The van der Waals surface area contributed by atoms with E-state index in [-0.39, 0.29) is 16.5 Å². The molecule has 0 amide bonds. The van der Waals surface area contributed by atoms with Crippen molar-refractivity contribution in [1.29, 1.82) is 0 Å². The Balaban J connectivity index is 3.08. The first-order valence-corrected chi connectivity index (χ1v) is 6.32. The van der Waals surface area contributed by atoms with Gasteiger partial charge in [-0.05, 0) is 17.7 Å². The van der Waals surface area contributed by atoms with Gasteiger partial charge >= 0.3 is 0 Å². The van der Waals surface area contributed by atoms with Crippen LogP contribution in [-0.2, 0) is 4.79 Å². The average molecular weight is 301 g/mol. The van der Waals surface area contributed by atoms with E-state index < -0.39 is 0 Å². The Morgan fingerprint density at radius 2 is 1.59 bits per heavy atom. The van der Waals surface area contributed by atoms with E-state index >= 15 is 0 Å². The van der Waals surface area contributed by atoms with Gasteiger partial charge in [0.2, 0.25) is 0 Å². The van der Waals surface area contributed by atoms with Crippen molar-refractivity contribution in [3.05, 3.63) is 23.8 Å². The Morgan fingerprint density at radius 1 is 1.12 bits per heavy atom. The van der Waals surface area contributed by atoms with Gasteiger partial charge in [-0.1, -0.05) is 29.8 Å². The summed E-state index contributed by atoms with van der Waals surface area (Å²) in [6.45, 7) is 3.77. The first kappa shape index (κ1) is 14.0. The molecule has 0 saturated carbocycles. The van der Waals surface area contributed by atoms with Gasteiger partial charge in [0.1, 0.15) is 11.5 Å². The molecule has 1 aromatic carbocycles. The van der Waals surface area contributed by atoms with Crippen molar-refractivity contribution in [1.82, 2.24) is 0 Å². The third-order valence-electron chi connectivity index (χ3n) is 2.49. The Labute approximate surface area is 110 Å². The molecule has 0 spiro atoms. The minimum Gasteiger partial charge on any atom is -0.497 e. The molecule has 0 fully saturated rings. The maximum Gasteiger partial charge on any atom is 0.153 e. The van der Waals surface area contributed by atoms with Gasteiger partial charge in [-0.15, -0.1) is 0 Å². The van der Waals surface area contributed by atoms with Gasteiger partial charge < -0.3 is 9.47 Å². The van der Waals surface area contributed by atoms with E-state index in [0.29, 0.717) is 11.5 Å². The number of methoxy groups -OCH3 is 2. The van der Waals surface area contributed by atoms with Crippen LogP contribution in [0.25, 0.3) is 0 Å². The molecule has 0 N–H and O–H groups in total. The molecule has 1 unspecified atom stereocenters. The lowest BCUT2D eigenvalue weighted by Crippen LogP contribution is -2.13. The van der Waals surface area contributed by atoms with E-state index in [9.17, 15) is 4.79 Å². The quantitative estimate of drug-likeness (QED) is 0.782. The van der Waals surface area contributed by atoms with Gasteiger partial charge in [0, 0.05) is 12.0 Å². The van der Waals surface area contributed by atoms with Crippen molar-refractivity contribution in [2.45, 2.75) is 18.7 Å². The van der Waals surface area contributed by atoms with Crippen LogP contribution in [0.5, 0.6) is 11.5 Å². The molecule has 0 aromatic heterocycles. The highest BCUT2D eigenvalue weighted by atomic mass is 79.9. The van der Waals surface area contributed by atoms with E-state index in [4.69, 9.17) is 9.47 Å². The Bertz CT molecular complexity index is 379. The molecular weight excluding hydrogens is 284 g/mol. The van der Waals surface area contributed by atoms with Crippen molar-refractivity contribution < 1.29 is 14.3 Å². The van der Waals surface area contributed by atoms with Gasteiger partial charge in [0.15, 0.2) is 5.78 Å². The zero-order valence-electron chi connectivity index (χ0n) is 10.5. The summed E-state index contributed by atoms with van der Waals surface area (Å²) in [6, 6.07) is 5.45. The molecule has 0 bridgehead atoms. The summed E-state index contributed by atoms with van der Waals surface area (Å²) in [4.78, 5) is 11.6. The zero-order valence-corrected chi connectivity index (χ0v) is 12.1. The molecule has 0 saturated heterocycles. The number of Topliss-reactive ketones (excluding diaryl/α,β-unsaturated/α-hetero) is 1. The van der Waals surface area contributed by atoms with Crippen molar-refractivity contribution in [2.75, 3.05) is 14.2 Å². The highest BCUT2D eigenvalue weighted by Crippen LogP contribution is 2.32. The molecule has 0 aliphatic carbocycles. The predicted molar refractivity (Wildman–Crippen MR) is 71.1 cm³/mol. The lowest BCUT2D eigenvalue weighted by molar-refractivity contribution is -0.121. The molecule has 0 heterocycles. The van der Waals surface area contributed by atoms with Crippen LogP contribution in [-0.4, -0.2) is 20.0 Å². The van der Waals surface area contributed by atoms with Crippen LogP contribution in [0.3, 0.4) is 0 Å². The minimum absolute atomic E-state index is 0.0171.